The molecule has 1 aliphatic heterocycles. The van der Waals surface area contributed by atoms with E-state index in [9.17, 15) is 0 Å². The second-order valence-electron chi connectivity index (χ2n) is 5.50. The number of hydrogen-bond acceptors (Lipinski definition) is 3. The Hall–Kier alpha value is -0.870. The fourth-order valence-corrected chi connectivity index (χ4v) is 2.62. The van der Waals surface area contributed by atoms with Crippen molar-refractivity contribution in [3.05, 3.63) is 18.2 Å². The van der Waals surface area contributed by atoms with Gasteiger partial charge in [-0.15, -0.1) is 0 Å². The summed E-state index contributed by atoms with van der Waals surface area (Å²) >= 11 is 0. The van der Waals surface area contributed by atoms with Gasteiger partial charge in [0.05, 0.1) is 12.0 Å². The molecule has 0 aromatic carbocycles. The smallest absolute Gasteiger partial charge is 0.0948 e. The third-order valence-corrected chi connectivity index (χ3v) is 3.71. The first-order valence-corrected chi connectivity index (χ1v) is 6.57. The maximum Gasteiger partial charge on any atom is 0.0948 e. The van der Waals surface area contributed by atoms with Gasteiger partial charge in [0.25, 0.3) is 0 Å². The highest BCUT2D eigenvalue weighted by Crippen LogP contribution is 2.21. The summed E-state index contributed by atoms with van der Waals surface area (Å²) in [7, 11) is 0. The molecule has 2 atom stereocenters. The summed E-state index contributed by atoms with van der Waals surface area (Å²) in [4.78, 5) is 6.76. The number of hydrogen-bond donors (Lipinski definition) is 1. The van der Waals surface area contributed by atoms with E-state index in [0.717, 1.165) is 18.2 Å². The summed E-state index contributed by atoms with van der Waals surface area (Å²) in [6, 6.07) is 0.732. The van der Waals surface area contributed by atoms with Gasteiger partial charge in [0.2, 0.25) is 0 Å². The van der Waals surface area contributed by atoms with Gasteiger partial charge in [-0.1, -0.05) is 0 Å². The molecule has 1 fully saturated rings. The predicted octanol–water partition coefficient (Wildman–Crippen LogP) is 1.63. The zero-order chi connectivity index (χ0) is 12.4. The van der Waals surface area contributed by atoms with Crippen molar-refractivity contribution in [2.75, 3.05) is 13.1 Å². The molecule has 2 N–H and O–H groups in total. The lowest BCUT2D eigenvalue weighted by Gasteiger charge is -2.20. The quantitative estimate of drug-likeness (QED) is 0.864. The number of imidazole rings is 1. The summed E-state index contributed by atoms with van der Waals surface area (Å²) < 4.78 is 2.22. The van der Waals surface area contributed by atoms with E-state index in [1.807, 2.05) is 19.4 Å². The summed E-state index contributed by atoms with van der Waals surface area (Å²) in [6.07, 6.45) is 5.09. The van der Waals surface area contributed by atoms with Crippen molar-refractivity contribution in [1.29, 1.82) is 0 Å². The average molecular weight is 236 g/mol. The van der Waals surface area contributed by atoms with Gasteiger partial charge in [-0.3, -0.25) is 0 Å². The Morgan fingerprint density at radius 3 is 2.82 bits per heavy atom. The summed E-state index contributed by atoms with van der Waals surface area (Å²) in [6.45, 7) is 10.0. The first-order chi connectivity index (χ1) is 8.08. The third kappa shape index (κ3) is 2.87. The molecule has 0 amide bonds. The molecule has 4 heteroatoms. The van der Waals surface area contributed by atoms with Crippen LogP contribution in [0.2, 0.25) is 0 Å². The fraction of sp³-hybridized carbons (Fsp3) is 0.769. The van der Waals surface area contributed by atoms with E-state index in [4.69, 9.17) is 5.73 Å². The SMILES string of the molecule is CC(C)N1CCC(Cn2cncc2[C@@H](C)N)C1. The van der Waals surface area contributed by atoms with Crippen LogP contribution in [-0.2, 0) is 6.54 Å². The zero-order valence-electron chi connectivity index (χ0n) is 11.1. The first-order valence-electron chi connectivity index (χ1n) is 6.57. The molecule has 2 heterocycles. The number of nitrogens with two attached hydrogens (primary N) is 1. The molecule has 2 rings (SSSR count). The van der Waals surface area contributed by atoms with E-state index in [-0.39, 0.29) is 6.04 Å². The molecular weight excluding hydrogens is 212 g/mol. The van der Waals surface area contributed by atoms with Crippen LogP contribution in [0, 0.1) is 5.92 Å². The van der Waals surface area contributed by atoms with Crippen LogP contribution >= 0.6 is 0 Å². The molecule has 0 aliphatic carbocycles. The van der Waals surface area contributed by atoms with Gasteiger partial charge in [0.1, 0.15) is 0 Å². The molecule has 0 radical (unpaired) electrons. The second-order valence-corrected chi connectivity index (χ2v) is 5.50. The number of nitrogens with zero attached hydrogens (tertiary/aromatic N) is 3. The predicted molar refractivity (Wildman–Crippen MR) is 69.6 cm³/mol. The van der Waals surface area contributed by atoms with Crippen LogP contribution in [0.4, 0.5) is 0 Å². The molecule has 1 aromatic heterocycles. The maximum atomic E-state index is 5.94. The minimum absolute atomic E-state index is 0.0695. The molecule has 4 nitrogen and oxygen atoms in total. The van der Waals surface area contributed by atoms with Gasteiger partial charge in [-0.05, 0) is 39.7 Å². The minimum Gasteiger partial charge on any atom is -0.333 e. The molecule has 17 heavy (non-hydrogen) atoms. The lowest BCUT2D eigenvalue weighted by Crippen LogP contribution is -2.29. The molecule has 1 saturated heterocycles. The fourth-order valence-electron chi connectivity index (χ4n) is 2.62. The van der Waals surface area contributed by atoms with Crippen LogP contribution in [-0.4, -0.2) is 33.6 Å². The molecule has 1 aliphatic rings. The monoisotopic (exact) mass is 236 g/mol. The highest BCUT2D eigenvalue weighted by molar-refractivity contribution is 5.03. The van der Waals surface area contributed by atoms with Gasteiger partial charge in [0, 0.05) is 31.4 Å². The Balaban J connectivity index is 1.96. The van der Waals surface area contributed by atoms with Crippen molar-refractivity contribution in [3.8, 4) is 0 Å². The largest absolute Gasteiger partial charge is 0.333 e. The maximum absolute atomic E-state index is 5.94. The van der Waals surface area contributed by atoms with Gasteiger partial charge in [-0.2, -0.15) is 0 Å². The van der Waals surface area contributed by atoms with Crippen molar-refractivity contribution >= 4 is 0 Å². The average Bonchev–Trinajstić information content (AvgIpc) is 2.86. The van der Waals surface area contributed by atoms with Crippen molar-refractivity contribution < 1.29 is 0 Å². The minimum atomic E-state index is 0.0695. The molecule has 0 bridgehead atoms. The Kier molecular flexibility index (Phi) is 3.84. The number of likely N-dealkylation sites (tertiary alicyclic amines) is 1. The van der Waals surface area contributed by atoms with E-state index in [1.165, 1.54) is 19.5 Å². The van der Waals surface area contributed by atoms with Crippen molar-refractivity contribution in [2.45, 2.75) is 45.8 Å². The van der Waals surface area contributed by atoms with Crippen LogP contribution in [0.5, 0.6) is 0 Å². The zero-order valence-corrected chi connectivity index (χ0v) is 11.1. The molecule has 1 aromatic rings. The Labute approximate surface area is 104 Å². The number of aromatic nitrogens is 2. The van der Waals surface area contributed by atoms with Gasteiger partial charge in [0.15, 0.2) is 0 Å². The molecule has 96 valence electrons. The van der Waals surface area contributed by atoms with E-state index in [0.29, 0.717) is 6.04 Å². The molecule has 0 saturated carbocycles. The topological polar surface area (TPSA) is 47.1 Å². The van der Waals surface area contributed by atoms with Crippen LogP contribution in [0.1, 0.15) is 38.9 Å². The number of rotatable bonds is 4. The van der Waals surface area contributed by atoms with Crippen LogP contribution in [0.3, 0.4) is 0 Å². The Bertz CT molecular complexity index is 356. The second kappa shape index (κ2) is 5.19. The summed E-state index contributed by atoms with van der Waals surface area (Å²) in [5, 5.41) is 0. The highest BCUT2D eigenvalue weighted by Gasteiger charge is 2.24. The highest BCUT2D eigenvalue weighted by atomic mass is 15.2. The Morgan fingerprint density at radius 1 is 1.47 bits per heavy atom. The van der Waals surface area contributed by atoms with Gasteiger partial charge >= 0.3 is 0 Å². The standard InChI is InChI=1S/C13H24N4/c1-10(2)16-5-4-12(7-16)8-17-9-15-6-13(17)11(3)14/h6,9-12H,4-5,7-8,14H2,1-3H3/t11-,12?/m1/s1. The van der Waals surface area contributed by atoms with Crippen LogP contribution < -0.4 is 5.73 Å². The molecule has 1 unspecified atom stereocenters. The van der Waals surface area contributed by atoms with Crippen LogP contribution in [0.25, 0.3) is 0 Å². The summed E-state index contributed by atoms with van der Waals surface area (Å²) in [5.74, 6) is 0.740. The van der Waals surface area contributed by atoms with Gasteiger partial charge in [-0.25, -0.2) is 4.98 Å². The van der Waals surface area contributed by atoms with Crippen molar-refractivity contribution in [2.24, 2.45) is 11.7 Å². The van der Waals surface area contributed by atoms with E-state index >= 15 is 0 Å². The normalized spacial score (nSPS) is 23.5. The van der Waals surface area contributed by atoms with Crippen molar-refractivity contribution in [1.82, 2.24) is 14.5 Å². The van der Waals surface area contributed by atoms with E-state index < -0.39 is 0 Å². The van der Waals surface area contributed by atoms with E-state index in [1.54, 1.807) is 0 Å². The molecule has 0 spiro atoms. The summed E-state index contributed by atoms with van der Waals surface area (Å²) in [5.41, 5.74) is 7.08. The van der Waals surface area contributed by atoms with Crippen molar-refractivity contribution in [3.63, 3.8) is 0 Å². The Morgan fingerprint density at radius 2 is 2.24 bits per heavy atom. The molecular formula is C13H24N4. The first kappa shape index (κ1) is 12.6. The third-order valence-electron chi connectivity index (χ3n) is 3.71. The lowest BCUT2D eigenvalue weighted by molar-refractivity contribution is 0.260. The van der Waals surface area contributed by atoms with E-state index in [2.05, 4.69) is 28.3 Å². The lowest BCUT2D eigenvalue weighted by atomic mass is 10.1. The van der Waals surface area contributed by atoms with Crippen LogP contribution in [0.15, 0.2) is 12.5 Å². The van der Waals surface area contributed by atoms with Gasteiger partial charge < -0.3 is 15.2 Å².